The molecular formula is C24H19F3N4O4S2. The van der Waals surface area contributed by atoms with Crippen LogP contribution < -0.4 is 5.14 Å². The smallest absolute Gasteiger partial charge is 0.355 e. The highest BCUT2D eigenvalue weighted by Gasteiger charge is 2.30. The van der Waals surface area contributed by atoms with Crippen molar-refractivity contribution in [3.63, 3.8) is 0 Å². The molecule has 4 aromatic rings. The molecule has 8 nitrogen and oxygen atoms in total. The van der Waals surface area contributed by atoms with Gasteiger partial charge in [-0.25, -0.2) is 41.2 Å². The number of nitrogens with zero attached hydrogens (tertiary/aromatic N) is 3. The molecule has 0 radical (unpaired) electrons. The molecule has 1 aliphatic rings. The van der Waals surface area contributed by atoms with E-state index in [-0.39, 0.29) is 17.7 Å². The summed E-state index contributed by atoms with van der Waals surface area (Å²) in [5.74, 6) is -3.95. The lowest BCUT2D eigenvalue weighted by atomic mass is 9.97. The number of benzene rings is 2. The van der Waals surface area contributed by atoms with E-state index in [1.807, 2.05) is 0 Å². The van der Waals surface area contributed by atoms with E-state index < -0.39 is 38.3 Å². The van der Waals surface area contributed by atoms with Crippen LogP contribution in [0, 0.1) is 23.4 Å². The van der Waals surface area contributed by atoms with Gasteiger partial charge in [0.2, 0.25) is 15.2 Å². The minimum Gasteiger partial charge on any atom is -0.476 e. The van der Waals surface area contributed by atoms with Crippen molar-refractivity contribution in [1.82, 2.24) is 14.8 Å². The van der Waals surface area contributed by atoms with Crippen molar-refractivity contribution < 1.29 is 31.5 Å². The first-order chi connectivity index (χ1) is 17.5. The van der Waals surface area contributed by atoms with Crippen LogP contribution in [0.25, 0.3) is 16.4 Å². The summed E-state index contributed by atoms with van der Waals surface area (Å²) < 4.78 is 67.6. The molecule has 2 aromatic heterocycles. The Labute approximate surface area is 213 Å². The van der Waals surface area contributed by atoms with Gasteiger partial charge >= 0.3 is 5.97 Å². The first-order valence-electron chi connectivity index (χ1n) is 11.1. The molecule has 192 valence electrons. The van der Waals surface area contributed by atoms with Crippen LogP contribution in [0.4, 0.5) is 13.2 Å². The zero-order valence-electron chi connectivity index (χ0n) is 19.0. The van der Waals surface area contributed by atoms with E-state index in [4.69, 9.17) is 5.14 Å². The summed E-state index contributed by atoms with van der Waals surface area (Å²) >= 11 is 1.08. The predicted molar refractivity (Wildman–Crippen MR) is 129 cm³/mol. The fourth-order valence-corrected chi connectivity index (χ4v) is 5.56. The van der Waals surface area contributed by atoms with E-state index in [0.717, 1.165) is 36.3 Å². The summed E-state index contributed by atoms with van der Waals surface area (Å²) in [6.07, 6.45) is 2.46. The van der Waals surface area contributed by atoms with Gasteiger partial charge in [0.1, 0.15) is 17.5 Å². The van der Waals surface area contributed by atoms with E-state index in [1.54, 1.807) is 0 Å². The first-order valence-corrected chi connectivity index (χ1v) is 13.5. The second-order valence-electron chi connectivity index (χ2n) is 8.77. The zero-order valence-corrected chi connectivity index (χ0v) is 20.6. The molecule has 37 heavy (non-hydrogen) atoms. The van der Waals surface area contributed by atoms with Crippen molar-refractivity contribution in [3.8, 4) is 16.4 Å². The molecular weight excluding hydrogens is 529 g/mol. The highest BCUT2D eigenvalue weighted by molar-refractivity contribution is 7.89. The minimum absolute atomic E-state index is 0.0370. The second kappa shape index (κ2) is 9.39. The Kier molecular flexibility index (Phi) is 6.38. The van der Waals surface area contributed by atoms with Gasteiger partial charge in [-0.1, -0.05) is 0 Å². The Morgan fingerprint density at radius 1 is 1.14 bits per heavy atom. The van der Waals surface area contributed by atoms with E-state index in [2.05, 4.69) is 10.1 Å². The molecule has 0 amide bonds. The Morgan fingerprint density at radius 2 is 1.78 bits per heavy atom. The molecule has 0 atom stereocenters. The molecule has 2 aromatic carbocycles. The normalized spacial score (nSPS) is 13.7. The third kappa shape index (κ3) is 5.15. The van der Waals surface area contributed by atoms with Crippen molar-refractivity contribution in [2.75, 3.05) is 0 Å². The molecule has 3 N–H and O–H groups in total. The van der Waals surface area contributed by atoms with E-state index in [9.17, 15) is 31.5 Å². The van der Waals surface area contributed by atoms with Gasteiger partial charge in [0.25, 0.3) is 0 Å². The van der Waals surface area contributed by atoms with Gasteiger partial charge in [0.15, 0.2) is 10.6 Å². The van der Waals surface area contributed by atoms with Crippen LogP contribution in [0.1, 0.15) is 40.2 Å². The van der Waals surface area contributed by atoms with Crippen LogP contribution in [0.3, 0.4) is 0 Å². The van der Waals surface area contributed by atoms with E-state index >= 15 is 0 Å². The average Bonchev–Trinajstić information content (AvgIpc) is 3.36. The van der Waals surface area contributed by atoms with Crippen LogP contribution in [-0.2, 0) is 22.9 Å². The van der Waals surface area contributed by atoms with E-state index in [1.165, 1.54) is 34.3 Å². The number of rotatable bonds is 8. The van der Waals surface area contributed by atoms with Crippen LogP contribution in [0.2, 0.25) is 0 Å². The fourth-order valence-electron chi connectivity index (χ4n) is 4.12. The Morgan fingerprint density at radius 3 is 2.32 bits per heavy atom. The number of hydrogen-bond donors (Lipinski definition) is 2. The Hall–Kier alpha value is -3.55. The highest BCUT2D eigenvalue weighted by Crippen LogP contribution is 2.38. The predicted octanol–water partition coefficient (Wildman–Crippen LogP) is 4.30. The number of aromatic carboxylic acids is 1. The lowest BCUT2D eigenvalue weighted by Crippen LogP contribution is -2.16. The lowest BCUT2D eigenvalue weighted by Gasteiger charge is -2.10. The van der Waals surface area contributed by atoms with Gasteiger partial charge in [-0.2, -0.15) is 5.10 Å². The van der Waals surface area contributed by atoms with Gasteiger partial charge in [0, 0.05) is 22.9 Å². The van der Waals surface area contributed by atoms with Gasteiger partial charge in [-0.15, -0.1) is 11.3 Å². The number of hydrogen-bond acceptors (Lipinski definition) is 6. The molecule has 0 saturated heterocycles. The summed E-state index contributed by atoms with van der Waals surface area (Å²) in [7, 11) is -4.62. The van der Waals surface area contributed by atoms with Crippen LogP contribution >= 0.6 is 11.3 Å². The summed E-state index contributed by atoms with van der Waals surface area (Å²) in [4.78, 5) is 14.4. The van der Waals surface area contributed by atoms with Crippen molar-refractivity contribution in [2.24, 2.45) is 11.1 Å². The molecule has 1 saturated carbocycles. The molecule has 1 aliphatic carbocycles. The van der Waals surface area contributed by atoms with Crippen LogP contribution in [0.15, 0.2) is 46.7 Å². The summed E-state index contributed by atoms with van der Waals surface area (Å²) in [5.41, 5.74) is 2.16. The van der Waals surface area contributed by atoms with Crippen molar-refractivity contribution >= 4 is 27.3 Å². The topological polar surface area (TPSA) is 128 Å². The molecule has 5 rings (SSSR count). The number of carboxylic acid groups (broad SMARTS) is 1. The van der Waals surface area contributed by atoms with Gasteiger partial charge in [-0.3, -0.25) is 0 Å². The minimum atomic E-state index is -4.62. The summed E-state index contributed by atoms with van der Waals surface area (Å²) in [6.45, 7) is 0. The third-order valence-electron chi connectivity index (χ3n) is 6.00. The maximum atomic E-state index is 14.6. The maximum absolute atomic E-state index is 14.6. The number of carbonyl (C=O) groups is 1. The zero-order chi connectivity index (χ0) is 26.5. The van der Waals surface area contributed by atoms with Crippen LogP contribution in [-0.4, -0.2) is 34.3 Å². The largest absolute Gasteiger partial charge is 0.476 e. The molecule has 13 heteroatoms. The number of carboxylic acids is 1. The molecule has 0 bridgehead atoms. The average molecular weight is 549 g/mol. The Balaban J connectivity index is 1.69. The number of thiazole rings is 1. The number of sulfonamides is 1. The molecule has 2 heterocycles. The number of primary sulfonamides is 1. The van der Waals surface area contributed by atoms with Crippen molar-refractivity contribution in [3.05, 3.63) is 81.7 Å². The monoisotopic (exact) mass is 548 g/mol. The quantitative estimate of drug-likeness (QED) is 0.338. The van der Waals surface area contributed by atoms with Gasteiger partial charge in [-0.05, 0) is 67.1 Å². The van der Waals surface area contributed by atoms with E-state index in [0.29, 0.717) is 40.0 Å². The molecule has 0 aliphatic heterocycles. The molecule has 1 fully saturated rings. The third-order valence-corrected chi connectivity index (χ3v) is 7.78. The number of halogens is 3. The highest BCUT2D eigenvalue weighted by atomic mass is 32.2. The number of nitrogens with two attached hydrogens (primary N) is 1. The first kappa shape index (κ1) is 25.1. The van der Waals surface area contributed by atoms with Crippen molar-refractivity contribution in [1.29, 1.82) is 0 Å². The van der Waals surface area contributed by atoms with Crippen LogP contribution in [0.5, 0.6) is 0 Å². The fraction of sp³-hybridized carbons (Fsp3) is 0.208. The van der Waals surface area contributed by atoms with Gasteiger partial charge in [0.05, 0.1) is 11.4 Å². The lowest BCUT2D eigenvalue weighted by molar-refractivity contribution is 0.0691. The second-order valence-corrected chi connectivity index (χ2v) is 11.1. The molecule has 0 spiro atoms. The summed E-state index contributed by atoms with van der Waals surface area (Å²) in [6, 6.07) is 7.35. The van der Waals surface area contributed by atoms with Crippen molar-refractivity contribution in [2.45, 2.75) is 30.6 Å². The van der Waals surface area contributed by atoms with Gasteiger partial charge < -0.3 is 5.11 Å². The standard InChI is InChI=1S/C24H19F3N4O4S2/c25-15-5-3-14(4-6-15)21-16(7-13-8-17(26)22(18(27)9-13)37(28,34)35)20(10-12-1-2-12)31(30-21)24-29-19(11-36-24)23(32)33/h3-6,8-9,11-12H,1-2,7,10H2,(H,32,33)(H2,28,34,35). The Bertz CT molecular complexity index is 1610. The summed E-state index contributed by atoms with van der Waals surface area (Å²) in [5, 5.41) is 20.6. The maximum Gasteiger partial charge on any atom is 0.355 e. The number of aromatic nitrogens is 3. The molecule has 0 unspecified atom stereocenters. The SMILES string of the molecule is NS(=O)(=O)c1c(F)cc(Cc2c(-c3ccc(F)cc3)nn(-c3nc(C(=O)O)cs3)c2CC2CC2)cc1F.